The van der Waals surface area contributed by atoms with E-state index in [-0.39, 0.29) is 23.9 Å². The number of rotatable bonds is 3. The molecule has 0 aromatic carbocycles. The summed E-state index contributed by atoms with van der Waals surface area (Å²) >= 11 is 1.38. The molecular formula is C11H13N3O3S. The van der Waals surface area contributed by atoms with Crippen LogP contribution in [0.15, 0.2) is 21.3 Å². The summed E-state index contributed by atoms with van der Waals surface area (Å²) in [6, 6.07) is 0. The first-order valence-corrected chi connectivity index (χ1v) is 6.32. The highest BCUT2D eigenvalue weighted by Gasteiger charge is 2.17. The molecule has 0 spiro atoms. The van der Waals surface area contributed by atoms with Crippen LogP contribution in [-0.2, 0) is 6.54 Å². The van der Waals surface area contributed by atoms with Crippen molar-refractivity contribution >= 4 is 11.3 Å². The SMILES string of the molecule is CC(C)c1c(O)n(Cc2cncs2)c(=O)[nH]c1=O. The molecule has 0 aliphatic rings. The lowest BCUT2D eigenvalue weighted by atomic mass is 10.1. The van der Waals surface area contributed by atoms with Gasteiger partial charge >= 0.3 is 5.69 Å². The minimum atomic E-state index is -0.615. The van der Waals surface area contributed by atoms with Crippen LogP contribution in [0.4, 0.5) is 0 Å². The van der Waals surface area contributed by atoms with Crippen LogP contribution >= 0.6 is 11.3 Å². The normalized spacial score (nSPS) is 11.1. The van der Waals surface area contributed by atoms with Gasteiger partial charge in [-0.15, -0.1) is 11.3 Å². The Balaban J connectivity index is 2.57. The highest BCUT2D eigenvalue weighted by Crippen LogP contribution is 2.20. The summed E-state index contributed by atoms with van der Waals surface area (Å²) in [6.45, 7) is 3.77. The molecule has 2 aromatic heterocycles. The van der Waals surface area contributed by atoms with Gasteiger partial charge in [0.1, 0.15) is 0 Å². The van der Waals surface area contributed by atoms with Gasteiger partial charge < -0.3 is 5.11 Å². The molecule has 0 amide bonds. The molecule has 2 rings (SSSR count). The largest absolute Gasteiger partial charge is 0.494 e. The fourth-order valence-electron chi connectivity index (χ4n) is 1.72. The molecule has 0 radical (unpaired) electrons. The third kappa shape index (κ3) is 2.21. The topological polar surface area (TPSA) is 88.0 Å². The molecule has 0 bridgehead atoms. The number of aromatic hydroxyl groups is 1. The van der Waals surface area contributed by atoms with Gasteiger partial charge in [0, 0.05) is 11.1 Å². The van der Waals surface area contributed by atoms with Crippen molar-refractivity contribution in [2.45, 2.75) is 26.3 Å². The van der Waals surface area contributed by atoms with E-state index in [2.05, 4.69) is 9.97 Å². The van der Waals surface area contributed by atoms with E-state index in [1.54, 1.807) is 25.6 Å². The van der Waals surface area contributed by atoms with Crippen molar-refractivity contribution in [2.24, 2.45) is 0 Å². The Morgan fingerprint density at radius 3 is 2.78 bits per heavy atom. The zero-order valence-corrected chi connectivity index (χ0v) is 10.8. The second-order valence-electron chi connectivity index (χ2n) is 4.21. The fourth-order valence-corrected chi connectivity index (χ4v) is 2.30. The van der Waals surface area contributed by atoms with Crippen molar-refractivity contribution < 1.29 is 5.11 Å². The smallest absolute Gasteiger partial charge is 0.331 e. The van der Waals surface area contributed by atoms with Crippen molar-refractivity contribution in [1.82, 2.24) is 14.5 Å². The molecule has 0 atom stereocenters. The Morgan fingerprint density at radius 2 is 2.22 bits per heavy atom. The summed E-state index contributed by atoms with van der Waals surface area (Å²) in [6.07, 6.45) is 1.62. The highest BCUT2D eigenvalue weighted by atomic mass is 32.1. The molecule has 0 saturated carbocycles. The lowest BCUT2D eigenvalue weighted by molar-refractivity contribution is 0.399. The molecule has 7 heteroatoms. The molecule has 96 valence electrons. The summed E-state index contributed by atoms with van der Waals surface area (Å²) in [4.78, 5) is 30.3. The molecule has 0 aliphatic carbocycles. The van der Waals surface area contributed by atoms with Crippen LogP contribution in [0.25, 0.3) is 0 Å². The minimum absolute atomic E-state index is 0.165. The zero-order chi connectivity index (χ0) is 13.3. The van der Waals surface area contributed by atoms with Gasteiger partial charge in [-0.05, 0) is 5.92 Å². The maximum atomic E-state index is 11.7. The van der Waals surface area contributed by atoms with Crippen LogP contribution in [0.2, 0.25) is 0 Å². The third-order valence-electron chi connectivity index (χ3n) is 2.58. The van der Waals surface area contributed by atoms with Gasteiger partial charge in [0.15, 0.2) is 0 Å². The summed E-state index contributed by atoms with van der Waals surface area (Å²) in [5.41, 5.74) is 0.717. The standard InChI is InChI=1S/C11H13N3O3S/c1-6(2)8-9(15)13-11(17)14(10(8)16)4-7-3-12-5-18-7/h3,5-6,16H,4H2,1-2H3,(H,13,15,17). The Labute approximate surface area is 107 Å². The van der Waals surface area contributed by atoms with Gasteiger partial charge in [0.25, 0.3) is 5.56 Å². The average molecular weight is 267 g/mol. The first kappa shape index (κ1) is 12.6. The van der Waals surface area contributed by atoms with Gasteiger partial charge in [-0.25, -0.2) is 4.79 Å². The summed E-state index contributed by atoms with van der Waals surface area (Å²) in [5, 5.41) is 10.0. The van der Waals surface area contributed by atoms with Crippen LogP contribution in [0, 0.1) is 0 Å². The molecule has 6 nitrogen and oxygen atoms in total. The molecule has 2 N–H and O–H groups in total. The van der Waals surface area contributed by atoms with E-state index in [9.17, 15) is 14.7 Å². The quantitative estimate of drug-likeness (QED) is 0.863. The van der Waals surface area contributed by atoms with E-state index in [0.717, 1.165) is 9.44 Å². The van der Waals surface area contributed by atoms with E-state index in [1.807, 2.05) is 0 Å². The molecule has 18 heavy (non-hydrogen) atoms. The van der Waals surface area contributed by atoms with Gasteiger partial charge in [-0.3, -0.25) is 19.3 Å². The van der Waals surface area contributed by atoms with E-state index < -0.39 is 11.2 Å². The summed E-state index contributed by atoms with van der Waals surface area (Å²) < 4.78 is 1.14. The Kier molecular flexibility index (Phi) is 3.33. The monoisotopic (exact) mass is 267 g/mol. The van der Waals surface area contributed by atoms with Crippen molar-refractivity contribution in [1.29, 1.82) is 0 Å². The van der Waals surface area contributed by atoms with Gasteiger partial charge in [0.05, 0.1) is 17.6 Å². The zero-order valence-electron chi connectivity index (χ0n) is 10.0. The van der Waals surface area contributed by atoms with Gasteiger partial charge in [0.2, 0.25) is 5.88 Å². The minimum Gasteiger partial charge on any atom is -0.494 e. The molecule has 2 aromatic rings. The van der Waals surface area contributed by atoms with Gasteiger partial charge in [-0.1, -0.05) is 13.8 Å². The van der Waals surface area contributed by atoms with Crippen molar-refractivity contribution in [2.75, 3.05) is 0 Å². The molecular weight excluding hydrogens is 254 g/mol. The number of hydrogen-bond donors (Lipinski definition) is 2. The van der Waals surface area contributed by atoms with E-state index in [4.69, 9.17) is 0 Å². The molecule has 0 fully saturated rings. The van der Waals surface area contributed by atoms with Crippen molar-refractivity contribution in [3.63, 3.8) is 0 Å². The highest BCUT2D eigenvalue weighted by molar-refractivity contribution is 7.09. The molecule has 0 unspecified atom stereocenters. The first-order valence-electron chi connectivity index (χ1n) is 5.44. The van der Waals surface area contributed by atoms with Crippen LogP contribution < -0.4 is 11.2 Å². The summed E-state index contributed by atoms with van der Waals surface area (Å²) in [5.74, 6) is -0.436. The van der Waals surface area contributed by atoms with Crippen LogP contribution in [0.3, 0.4) is 0 Å². The maximum Gasteiger partial charge on any atom is 0.331 e. The van der Waals surface area contributed by atoms with Crippen molar-refractivity contribution in [3.05, 3.63) is 43.0 Å². The van der Waals surface area contributed by atoms with Crippen LogP contribution in [-0.4, -0.2) is 19.6 Å². The third-order valence-corrected chi connectivity index (χ3v) is 3.35. The Bertz CT molecular complexity index is 655. The molecule has 0 saturated heterocycles. The number of nitrogens with one attached hydrogen (secondary N) is 1. The fraction of sp³-hybridized carbons (Fsp3) is 0.364. The first-order chi connectivity index (χ1) is 8.50. The second-order valence-corrected chi connectivity index (χ2v) is 5.18. The molecule has 2 heterocycles. The van der Waals surface area contributed by atoms with Gasteiger partial charge in [-0.2, -0.15) is 0 Å². The predicted molar refractivity (Wildman–Crippen MR) is 68.3 cm³/mol. The van der Waals surface area contributed by atoms with Crippen LogP contribution in [0.1, 0.15) is 30.2 Å². The Hall–Kier alpha value is -1.89. The number of hydrogen-bond acceptors (Lipinski definition) is 5. The Morgan fingerprint density at radius 1 is 1.50 bits per heavy atom. The lowest BCUT2D eigenvalue weighted by Crippen LogP contribution is -2.32. The summed E-state index contributed by atoms with van der Waals surface area (Å²) in [7, 11) is 0. The number of H-pyrrole nitrogens is 1. The number of aromatic amines is 1. The lowest BCUT2D eigenvalue weighted by Gasteiger charge is -2.12. The molecule has 0 aliphatic heterocycles. The van der Waals surface area contributed by atoms with E-state index in [0.29, 0.717) is 0 Å². The van der Waals surface area contributed by atoms with E-state index >= 15 is 0 Å². The number of nitrogens with zero attached hydrogens (tertiary/aromatic N) is 2. The number of thiazole rings is 1. The van der Waals surface area contributed by atoms with E-state index in [1.165, 1.54) is 11.3 Å². The number of aromatic nitrogens is 3. The van der Waals surface area contributed by atoms with Crippen molar-refractivity contribution in [3.8, 4) is 5.88 Å². The van der Waals surface area contributed by atoms with Crippen LogP contribution in [0.5, 0.6) is 5.88 Å². The average Bonchev–Trinajstić information content (AvgIpc) is 2.75. The second kappa shape index (κ2) is 4.77. The maximum absolute atomic E-state index is 11.7. The predicted octanol–water partition coefficient (Wildman–Crippen LogP) is 0.870.